The summed E-state index contributed by atoms with van der Waals surface area (Å²) in [6, 6.07) is 32.9. The maximum Gasteiger partial charge on any atom is 0.494 e. The molecule has 0 N–H and O–H groups in total. The molecule has 6 rings (SSSR count). The van der Waals surface area contributed by atoms with E-state index in [0.29, 0.717) is 0 Å². The van der Waals surface area contributed by atoms with Gasteiger partial charge in [0.1, 0.15) is 0 Å². The minimum absolute atomic E-state index is 0.344. The lowest BCUT2D eigenvalue weighted by Crippen LogP contribution is -2.41. The maximum absolute atomic E-state index is 6.28. The summed E-state index contributed by atoms with van der Waals surface area (Å²) in [5.74, 6) is 0. The molecule has 33 heavy (non-hydrogen) atoms. The fraction of sp³-hybridized carbons (Fsp3) is 0.200. The van der Waals surface area contributed by atoms with Crippen LogP contribution in [0.15, 0.2) is 91.0 Å². The lowest BCUT2D eigenvalue weighted by molar-refractivity contribution is 0.00578. The summed E-state index contributed by atoms with van der Waals surface area (Å²) in [5, 5.41) is 7.54. The van der Waals surface area contributed by atoms with Crippen LogP contribution in [0, 0.1) is 0 Å². The molecule has 0 unspecified atom stereocenters. The molecule has 162 valence electrons. The number of fused-ring (bicyclic) bond motifs is 4. The van der Waals surface area contributed by atoms with Crippen LogP contribution in [0.2, 0.25) is 0 Å². The Bertz CT molecular complexity index is 1520. The predicted octanol–water partition coefficient (Wildman–Crippen LogP) is 7.11. The first-order chi connectivity index (χ1) is 15.8. The van der Waals surface area contributed by atoms with Gasteiger partial charge in [-0.2, -0.15) is 0 Å². The molecule has 1 saturated heterocycles. The van der Waals surface area contributed by atoms with E-state index in [1.165, 1.54) is 43.4 Å². The smallest absolute Gasteiger partial charge is 0.399 e. The van der Waals surface area contributed by atoms with Crippen LogP contribution in [-0.4, -0.2) is 18.3 Å². The summed E-state index contributed by atoms with van der Waals surface area (Å²) >= 11 is 0. The van der Waals surface area contributed by atoms with Crippen molar-refractivity contribution in [2.75, 3.05) is 0 Å². The zero-order valence-electron chi connectivity index (χ0n) is 19.6. The molecule has 0 aromatic heterocycles. The monoisotopic (exact) mass is 430 g/mol. The Kier molecular flexibility index (Phi) is 4.45. The van der Waals surface area contributed by atoms with Gasteiger partial charge in [-0.3, -0.25) is 0 Å². The van der Waals surface area contributed by atoms with Gasteiger partial charge in [0.2, 0.25) is 0 Å². The van der Waals surface area contributed by atoms with E-state index in [1.54, 1.807) is 0 Å². The van der Waals surface area contributed by atoms with Crippen molar-refractivity contribution in [3.05, 3.63) is 91.0 Å². The number of rotatable bonds is 2. The van der Waals surface area contributed by atoms with Gasteiger partial charge in [0.15, 0.2) is 0 Å². The van der Waals surface area contributed by atoms with Gasteiger partial charge in [-0.1, -0.05) is 78.9 Å². The molecule has 1 heterocycles. The van der Waals surface area contributed by atoms with Crippen LogP contribution in [0.25, 0.3) is 43.4 Å². The van der Waals surface area contributed by atoms with Crippen LogP contribution in [-0.2, 0) is 9.31 Å². The molecule has 0 atom stereocenters. The van der Waals surface area contributed by atoms with Gasteiger partial charge in [-0.05, 0) is 88.7 Å². The molecule has 0 amide bonds. The van der Waals surface area contributed by atoms with Crippen LogP contribution in [0.3, 0.4) is 0 Å². The molecule has 2 nitrogen and oxygen atoms in total. The highest BCUT2D eigenvalue weighted by molar-refractivity contribution is 6.62. The summed E-state index contributed by atoms with van der Waals surface area (Å²) in [6.07, 6.45) is 0. The molecule has 0 aliphatic carbocycles. The first-order valence-corrected chi connectivity index (χ1v) is 11.6. The predicted molar refractivity (Wildman–Crippen MR) is 140 cm³/mol. The third-order valence-corrected chi connectivity index (χ3v) is 7.47. The Morgan fingerprint density at radius 2 is 1.09 bits per heavy atom. The first kappa shape index (κ1) is 20.5. The Hall–Kier alpha value is -3.14. The van der Waals surface area contributed by atoms with Crippen LogP contribution in [0.5, 0.6) is 0 Å². The number of benzene rings is 5. The Labute approximate surface area is 195 Å². The summed E-state index contributed by atoms with van der Waals surface area (Å²) in [7, 11) is -0.350. The second-order valence-corrected chi connectivity index (χ2v) is 10.1. The van der Waals surface area contributed by atoms with Gasteiger partial charge >= 0.3 is 7.12 Å². The SMILES string of the molecule is CC1(C)OB(c2ccc3ccc(-c4ccc5c(ccc6ccccc65)c4)cc3c2)OC1(C)C. The van der Waals surface area contributed by atoms with Crippen molar-refractivity contribution in [1.82, 2.24) is 0 Å². The minimum Gasteiger partial charge on any atom is -0.399 e. The lowest BCUT2D eigenvalue weighted by Gasteiger charge is -2.32. The standard InChI is InChI=1S/C30H27BO2/c1-29(2)30(3,4)33-31(32-29)26-15-13-20-9-11-22(18-25(20)19-26)23-14-16-28-24(17-23)12-10-21-7-5-6-8-27(21)28/h5-19H,1-4H3. The molecule has 1 aliphatic heterocycles. The summed E-state index contributed by atoms with van der Waals surface area (Å²) in [5.41, 5.74) is 2.81. The number of hydrogen-bond donors (Lipinski definition) is 0. The molecule has 5 aromatic rings. The van der Waals surface area contributed by atoms with Crippen molar-refractivity contribution in [3.63, 3.8) is 0 Å². The van der Waals surface area contributed by atoms with E-state index >= 15 is 0 Å². The fourth-order valence-corrected chi connectivity index (χ4v) is 4.76. The lowest BCUT2D eigenvalue weighted by atomic mass is 9.78. The molecule has 1 fully saturated rings. The van der Waals surface area contributed by atoms with Crippen LogP contribution >= 0.6 is 0 Å². The topological polar surface area (TPSA) is 18.5 Å². The quantitative estimate of drug-likeness (QED) is 0.219. The highest BCUT2D eigenvalue weighted by Crippen LogP contribution is 2.37. The van der Waals surface area contributed by atoms with Crippen molar-refractivity contribution in [3.8, 4) is 11.1 Å². The minimum atomic E-state index is -0.350. The summed E-state index contributed by atoms with van der Waals surface area (Å²) < 4.78 is 12.6. The fourth-order valence-electron chi connectivity index (χ4n) is 4.76. The highest BCUT2D eigenvalue weighted by Gasteiger charge is 2.51. The Morgan fingerprint density at radius 3 is 1.88 bits per heavy atom. The zero-order chi connectivity index (χ0) is 22.8. The van der Waals surface area contributed by atoms with Gasteiger partial charge < -0.3 is 9.31 Å². The average molecular weight is 430 g/mol. The van der Waals surface area contributed by atoms with Gasteiger partial charge in [0.05, 0.1) is 11.2 Å². The normalized spacial score (nSPS) is 17.3. The maximum atomic E-state index is 6.28. The van der Waals surface area contributed by atoms with E-state index in [1.807, 2.05) is 0 Å². The number of hydrogen-bond acceptors (Lipinski definition) is 2. The Morgan fingerprint density at radius 1 is 0.515 bits per heavy atom. The third kappa shape index (κ3) is 3.35. The van der Waals surface area contributed by atoms with Crippen molar-refractivity contribution in [1.29, 1.82) is 0 Å². The summed E-state index contributed by atoms with van der Waals surface area (Å²) in [6.45, 7) is 8.37. The van der Waals surface area contributed by atoms with E-state index in [0.717, 1.165) is 5.46 Å². The van der Waals surface area contributed by atoms with Gasteiger partial charge in [-0.15, -0.1) is 0 Å². The molecule has 0 bridgehead atoms. The van der Waals surface area contributed by atoms with Gasteiger partial charge in [-0.25, -0.2) is 0 Å². The van der Waals surface area contributed by atoms with E-state index < -0.39 is 0 Å². The molecule has 5 aromatic carbocycles. The zero-order valence-corrected chi connectivity index (χ0v) is 19.6. The Balaban J connectivity index is 1.40. The van der Waals surface area contributed by atoms with Crippen molar-refractivity contribution in [2.24, 2.45) is 0 Å². The van der Waals surface area contributed by atoms with E-state index in [9.17, 15) is 0 Å². The molecule has 1 aliphatic rings. The second-order valence-electron chi connectivity index (χ2n) is 10.1. The second kappa shape index (κ2) is 7.18. The van der Waals surface area contributed by atoms with Crippen LogP contribution in [0.1, 0.15) is 27.7 Å². The molecular weight excluding hydrogens is 403 g/mol. The van der Waals surface area contributed by atoms with Crippen molar-refractivity contribution >= 4 is 44.9 Å². The van der Waals surface area contributed by atoms with Gasteiger partial charge in [0, 0.05) is 0 Å². The van der Waals surface area contributed by atoms with Crippen LogP contribution < -0.4 is 5.46 Å². The molecule has 3 heteroatoms. The summed E-state index contributed by atoms with van der Waals surface area (Å²) in [4.78, 5) is 0. The molecule has 0 saturated carbocycles. The molecule has 0 spiro atoms. The van der Waals surface area contributed by atoms with Crippen molar-refractivity contribution < 1.29 is 9.31 Å². The van der Waals surface area contributed by atoms with E-state index in [2.05, 4.69) is 119 Å². The van der Waals surface area contributed by atoms with Crippen LogP contribution in [0.4, 0.5) is 0 Å². The molecular formula is C30H27BO2. The largest absolute Gasteiger partial charge is 0.494 e. The van der Waals surface area contributed by atoms with E-state index in [4.69, 9.17) is 9.31 Å². The average Bonchev–Trinajstić information content (AvgIpc) is 3.04. The highest BCUT2D eigenvalue weighted by atomic mass is 16.7. The third-order valence-electron chi connectivity index (χ3n) is 7.47. The molecule has 0 radical (unpaired) electrons. The van der Waals surface area contributed by atoms with Crippen molar-refractivity contribution in [2.45, 2.75) is 38.9 Å². The van der Waals surface area contributed by atoms with Gasteiger partial charge in [0.25, 0.3) is 0 Å². The first-order valence-electron chi connectivity index (χ1n) is 11.6. The van der Waals surface area contributed by atoms with E-state index in [-0.39, 0.29) is 18.3 Å².